The second kappa shape index (κ2) is 8.23. The van der Waals surface area contributed by atoms with E-state index in [9.17, 15) is 4.79 Å². The lowest BCUT2D eigenvalue weighted by Crippen LogP contribution is -2.38. The zero-order valence-corrected chi connectivity index (χ0v) is 13.0. The van der Waals surface area contributed by atoms with Crippen LogP contribution in [0.3, 0.4) is 0 Å². The highest BCUT2D eigenvalue weighted by Gasteiger charge is 2.12. The molecule has 1 aromatic rings. The third-order valence-corrected chi connectivity index (χ3v) is 3.70. The minimum Gasteiger partial charge on any atom is -0.350 e. The van der Waals surface area contributed by atoms with Gasteiger partial charge in [-0.2, -0.15) is 0 Å². The second-order valence-electron chi connectivity index (χ2n) is 4.83. The van der Waals surface area contributed by atoms with Crippen LogP contribution in [0.15, 0.2) is 29.2 Å². The molecule has 3 nitrogen and oxygen atoms in total. The summed E-state index contributed by atoms with van der Waals surface area (Å²) in [7, 11) is 0. The molecule has 0 fully saturated rings. The normalized spacial score (nSPS) is 12.5. The quantitative estimate of drug-likeness (QED) is 0.755. The Bertz CT molecular complexity index is 407. The van der Waals surface area contributed by atoms with Crippen LogP contribution in [0.4, 0.5) is 0 Å². The maximum Gasteiger partial charge on any atom is 0.252 e. The van der Waals surface area contributed by atoms with Gasteiger partial charge in [0.05, 0.1) is 5.56 Å². The average Bonchev–Trinajstić information content (AvgIpc) is 2.36. The van der Waals surface area contributed by atoms with Gasteiger partial charge in [0.1, 0.15) is 0 Å². The van der Waals surface area contributed by atoms with Crippen molar-refractivity contribution in [1.29, 1.82) is 0 Å². The number of carbonyl (C=O) groups excluding carboxylic acids is 1. The summed E-state index contributed by atoms with van der Waals surface area (Å²) in [6.45, 7) is 9.95. The summed E-state index contributed by atoms with van der Waals surface area (Å²) in [5.74, 6) is 0.00787. The summed E-state index contributed by atoms with van der Waals surface area (Å²) in [4.78, 5) is 13.3. The fourth-order valence-electron chi connectivity index (χ4n) is 1.77. The highest BCUT2D eigenvalue weighted by atomic mass is 32.2. The van der Waals surface area contributed by atoms with E-state index in [-0.39, 0.29) is 5.91 Å². The Labute approximate surface area is 120 Å². The van der Waals surface area contributed by atoms with Crippen molar-refractivity contribution in [1.82, 2.24) is 10.6 Å². The van der Waals surface area contributed by atoms with Gasteiger partial charge in [-0.3, -0.25) is 4.79 Å². The second-order valence-corrected chi connectivity index (χ2v) is 6.45. The van der Waals surface area contributed by atoms with Gasteiger partial charge in [0.25, 0.3) is 5.91 Å². The Hall–Kier alpha value is -1.00. The summed E-state index contributed by atoms with van der Waals surface area (Å²) >= 11 is 1.72. The number of thioether (sulfide) groups is 1. The van der Waals surface area contributed by atoms with Gasteiger partial charge in [-0.05, 0) is 25.6 Å². The number of rotatable bonds is 7. The Morgan fingerprint density at radius 2 is 1.95 bits per heavy atom. The van der Waals surface area contributed by atoms with Crippen LogP contribution < -0.4 is 10.6 Å². The molecule has 19 heavy (non-hydrogen) atoms. The van der Waals surface area contributed by atoms with E-state index >= 15 is 0 Å². The number of amides is 1. The molecule has 0 aromatic heterocycles. The fourth-order valence-corrected chi connectivity index (χ4v) is 2.73. The minimum absolute atomic E-state index is 0.00787. The third kappa shape index (κ3) is 5.66. The summed E-state index contributed by atoms with van der Waals surface area (Å²) in [5.41, 5.74) is 0.768. The van der Waals surface area contributed by atoms with Gasteiger partial charge in [0.15, 0.2) is 0 Å². The molecule has 0 aliphatic carbocycles. The van der Waals surface area contributed by atoms with Crippen molar-refractivity contribution in [2.45, 2.75) is 43.9 Å². The molecule has 1 atom stereocenters. The van der Waals surface area contributed by atoms with Crippen LogP contribution in [0.2, 0.25) is 0 Å². The predicted molar refractivity (Wildman–Crippen MR) is 82.9 cm³/mol. The molecule has 0 aliphatic rings. The molecule has 0 unspecified atom stereocenters. The molecule has 1 amide bonds. The van der Waals surface area contributed by atoms with Crippen LogP contribution in [-0.4, -0.2) is 30.3 Å². The molecule has 106 valence electrons. The lowest BCUT2D eigenvalue weighted by Gasteiger charge is -2.15. The first-order valence-corrected chi connectivity index (χ1v) is 7.69. The molecule has 4 heteroatoms. The zero-order chi connectivity index (χ0) is 14.3. The first kappa shape index (κ1) is 16.1. The molecule has 0 radical (unpaired) electrons. The fraction of sp³-hybridized carbons (Fsp3) is 0.533. The first-order chi connectivity index (χ1) is 9.04. The number of benzene rings is 1. The molecule has 0 saturated heterocycles. The molecule has 1 aromatic carbocycles. The highest BCUT2D eigenvalue weighted by molar-refractivity contribution is 8.00. The van der Waals surface area contributed by atoms with Gasteiger partial charge >= 0.3 is 0 Å². The van der Waals surface area contributed by atoms with Gasteiger partial charge in [-0.15, -0.1) is 11.8 Å². The summed E-state index contributed by atoms with van der Waals surface area (Å²) in [5, 5.41) is 6.73. The molecule has 0 heterocycles. The van der Waals surface area contributed by atoms with Crippen molar-refractivity contribution >= 4 is 17.7 Å². The first-order valence-electron chi connectivity index (χ1n) is 6.81. The zero-order valence-electron chi connectivity index (χ0n) is 12.2. The van der Waals surface area contributed by atoms with Crippen molar-refractivity contribution < 1.29 is 4.79 Å². The van der Waals surface area contributed by atoms with Crippen molar-refractivity contribution in [3.05, 3.63) is 29.8 Å². The maximum atomic E-state index is 12.2. The molecular weight excluding hydrogens is 256 g/mol. The number of likely N-dealkylation sites (N-methyl/N-ethyl adjacent to an activating group) is 1. The van der Waals surface area contributed by atoms with E-state index in [1.165, 1.54) is 0 Å². The van der Waals surface area contributed by atoms with Crippen LogP contribution in [-0.2, 0) is 0 Å². The summed E-state index contributed by atoms with van der Waals surface area (Å²) in [6.07, 6.45) is 0. The predicted octanol–water partition coefficient (Wildman–Crippen LogP) is 2.91. The standard InChI is InChI=1S/C15H24N2OS/c1-5-16-12(4)10-17-15(18)13-8-6-7-9-14(13)19-11(2)3/h6-9,11-12,16H,5,10H2,1-4H3,(H,17,18)/t12-/m1/s1. The molecule has 0 bridgehead atoms. The molecule has 1 rings (SSSR count). The van der Waals surface area contributed by atoms with Crippen molar-refractivity contribution in [2.75, 3.05) is 13.1 Å². The van der Waals surface area contributed by atoms with Gasteiger partial charge in [0.2, 0.25) is 0 Å². The van der Waals surface area contributed by atoms with Crippen molar-refractivity contribution in [2.24, 2.45) is 0 Å². The van der Waals surface area contributed by atoms with E-state index in [0.717, 1.165) is 17.0 Å². The minimum atomic E-state index is 0.00787. The van der Waals surface area contributed by atoms with E-state index in [1.54, 1.807) is 11.8 Å². The monoisotopic (exact) mass is 280 g/mol. The largest absolute Gasteiger partial charge is 0.350 e. The number of hydrogen-bond acceptors (Lipinski definition) is 3. The smallest absolute Gasteiger partial charge is 0.252 e. The van der Waals surface area contributed by atoms with Crippen LogP contribution in [0.1, 0.15) is 38.1 Å². The van der Waals surface area contributed by atoms with E-state index in [4.69, 9.17) is 0 Å². The van der Waals surface area contributed by atoms with Crippen LogP contribution in [0, 0.1) is 0 Å². The Morgan fingerprint density at radius 3 is 2.58 bits per heavy atom. The summed E-state index contributed by atoms with van der Waals surface area (Å²) in [6, 6.07) is 8.07. The van der Waals surface area contributed by atoms with Crippen molar-refractivity contribution in [3.63, 3.8) is 0 Å². The average molecular weight is 280 g/mol. The molecule has 0 saturated carbocycles. The van der Waals surface area contributed by atoms with Gasteiger partial charge in [-0.25, -0.2) is 0 Å². The number of nitrogens with one attached hydrogen (secondary N) is 2. The van der Waals surface area contributed by atoms with Gasteiger partial charge < -0.3 is 10.6 Å². The Kier molecular flexibility index (Phi) is 6.95. The van der Waals surface area contributed by atoms with Gasteiger partial charge in [0, 0.05) is 22.7 Å². The van der Waals surface area contributed by atoms with Crippen LogP contribution >= 0.6 is 11.8 Å². The van der Waals surface area contributed by atoms with Crippen molar-refractivity contribution in [3.8, 4) is 0 Å². The molecule has 0 spiro atoms. The third-order valence-electron chi connectivity index (χ3n) is 2.62. The molecular formula is C15H24N2OS. The summed E-state index contributed by atoms with van der Waals surface area (Å²) < 4.78 is 0. The van der Waals surface area contributed by atoms with Gasteiger partial charge in [-0.1, -0.05) is 32.9 Å². The Balaban J connectivity index is 2.66. The molecule has 2 N–H and O–H groups in total. The van der Waals surface area contributed by atoms with E-state index in [0.29, 0.717) is 17.8 Å². The SMILES string of the molecule is CCN[C@H](C)CNC(=O)c1ccccc1SC(C)C. The lowest BCUT2D eigenvalue weighted by atomic mass is 10.2. The van der Waals surface area contributed by atoms with Crippen LogP contribution in [0.5, 0.6) is 0 Å². The highest BCUT2D eigenvalue weighted by Crippen LogP contribution is 2.26. The maximum absolute atomic E-state index is 12.2. The Morgan fingerprint density at radius 1 is 1.26 bits per heavy atom. The van der Waals surface area contributed by atoms with E-state index < -0.39 is 0 Å². The van der Waals surface area contributed by atoms with E-state index in [2.05, 4.69) is 38.3 Å². The van der Waals surface area contributed by atoms with E-state index in [1.807, 2.05) is 24.3 Å². The number of carbonyl (C=O) groups is 1. The number of hydrogen-bond donors (Lipinski definition) is 2. The molecule has 0 aliphatic heterocycles. The topological polar surface area (TPSA) is 41.1 Å². The van der Waals surface area contributed by atoms with Crippen LogP contribution in [0.25, 0.3) is 0 Å². The lowest BCUT2D eigenvalue weighted by molar-refractivity contribution is 0.0947.